The summed E-state index contributed by atoms with van der Waals surface area (Å²) < 4.78 is 0. The van der Waals surface area contributed by atoms with Gasteiger partial charge in [-0.25, -0.2) is 0 Å². The fourth-order valence-electron chi connectivity index (χ4n) is 0.557. The highest BCUT2D eigenvalue weighted by Crippen LogP contribution is 2.45. The molecule has 0 aromatic heterocycles. The minimum atomic E-state index is 1.32. The molecular formula is C7H8S4. The Hall–Kier alpha value is 0.620. The first kappa shape index (κ1) is 9.71. The fraction of sp³-hybridized carbons (Fsp3) is 0.143. The number of hydrogen-bond acceptors (Lipinski definition) is 4. The average Bonchev–Trinajstić information content (AvgIpc) is 2.07. The summed E-state index contributed by atoms with van der Waals surface area (Å²) in [4.78, 5) is 1.32. The van der Waals surface area contributed by atoms with Crippen molar-refractivity contribution in [2.24, 2.45) is 0 Å². The smallest absolute Gasteiger partial charge is 0.0191 e. The van der Waals surface area contributed by atoms with Crippen molar-refractivity contribution in [2.75, 3.05) is 6.26 Å². The van der Waals surface area contributed by atoms with Crippen molar-refractivity contribution in [3.63, 3.8) is 0 Å². The molecule has 0 aliphatic rings. The molecule has 0 amide bonds. The zero-order valence-corrected chi connectivity index (χ0v) is 9.29. The summed E-state index contributed by atoms with van der Waals surface area (Å²) in [6.45, 7) is 0. The quantitative estimate of drug-likeness (QED) is 0.546. The second-order valence-corrected chi connectivity index (χ2v) is 7.71. The molecule has 1 aromatic carbocycles. The van der Waals surface area contributed by atoms with Crippen LogP contribution in [0.5, 0.6) is 0 Å². The molecule has 0 aliphatic carbocycles. The Balaban J connectivity index is 2.28. The van der Waals surface area contributed by atoms with Gasteiger partial charge in [0.1, 0.15) is 0 Å². The maximum atomic E-state index is 2.12. The highest BCUT2D eigenvalue weighted by molar-refractivity contribution is 9.26. The second kappa shape index (κ2) is 6.17. The van der Waals surface area contributed by atoms with Gasteiger partial charge in [-0.1, -0.05) is 29.0 Å². The van der Waals surface area contributed by atoms with E-state index in [1.165, 1.54) is 4.90 Å². The molecule has 0 spiro atoms. The predicted octanol–water partition coefficient (Wildman–Crippen LogP) is 4.35. The van der Waals surface area contributed by atoms with E-state index in [1.807, 2.05) is 6.07 Å². The summed E-state index contributed by atoms with van der Waals surface area (Å²) in [6.07, 6.45) is 2.09. The van der Waals surface area contributed by atoms with Gasteiger partial charge in [0.2, 0.25) is 0 Å². The Morgan fingerprint density at radius 2 is 1.73 bits per heavy atom. The highest BCUT2D eigenvalue weighted by Gasteiger charge is 1.91. The van der Waals surface area contributed by atoms with Crippen LogP contribution < -0.4 is 0 Å². The molecule has 0 nitrogen and oxygen atoms in total. The van der Waals surface area contributed by atoms with E-state index in [9.17, 15) is 0 Å². The van der Waals surface area contributed by atoms with Crippen LogP contribution in [0.25, 0.3) is 0 Å². The standard InChI is InChI=1S/C7H8S4/c1-8-10-11-9-7-5-3-2-4-6-7/h2-6H,1H3. The van der Waals surface area contributed by atoms with Crippen LogP contribution in [0.1, 0.15) is 0 Å². The molecular weight excluding hydrogens is 212 g/mol. The molecule has 0 saturated carbocycles. The van der Waals surface area contributed by atoms with Crippen LogP contribution in [-0.2, 0) is 0 Å². The Morgan fingerprint density at radius 3 is 2.36 bits per heavy atom. The summed E-state index contributed by atoms with van der Waals surface area (Å²) in [5, 5.41) is 0. The molecule has 0 atom stereocenters. The largest absolute Gasteiger partial charge is 0.0852 e. The lowest BCUT2D eigenvalue weighted by atomic mass is 10.4. The van der Waals surface area contributed by atoms with E-state index >= 15 is 0 Å². The lowest BCUT2D eigenvalue weighted by Crippen LogP contribution is -1.61. The van der Waals surface area contributed by atoms with Crippen LogP contribution in [0, 0.1) is 0 Å². The van der Waals surface area contributed by atoms with Crippen molar-refractivity contribution < 1.29 is 0 Å². The number of hydrogen-bond donors (Lipinski definition) is 0. The van der Waals surface area contributed by atoms with Gasteiger partial charge in [0, 0.05) is 4.90 Å². The monoisotopic (exact) mass is 220 g/mol. The summed E-state index contributed by atoms with van der Waals surface area (Å²) in [5.74, 6) is 0. The van der Waals surface area contributed by atoms with Crippen LogP contribution in [0.3, 0.4) is 0 Å². The predicted molar refractivity (Wildman–Crippen MR) is 61.0 cm³/mol. The molecule has 4 heteroatoms. The molecule has 1 rings (SSSR count). The van der Waals surface area contributed by atoms with Gasteiger partial charge in [0.25, 0.3) is 0 Å². The molecule has 0 heterocycles. The van der Waals surface area contributed by atoms with Crippen molar-refractivity contribution in [3.05, 3.63) is 30.3 Å². The maximum absolute atomic E-state index is 2.12. The second-order valence-electron chi connectivity index (χ2n) is 1.70. The van der Waals surface area contributed by atoms with Crippen molar-refractivity contribution >= 4 is 41.2 Å². The average molecular weight is 220 g/mol. The maximum Gasteiger partial charge on any atom is 0.0191 e. The van der Waals surface area contributed by atoms with Crippen LogP contribution in [0.15, 0.2) is 35.2 Å². The fourth-order valence-corrected chi connectivity index (χ4v) is 5.51. The van der Waals surface area contributed by atoms with Gasteiger partial charge in [-0.05, 0) is 48.8 Å². The van der Waals surface area contributed by atoms with Gasteiger partial charge in [0.15, 0.2) is 0 Å². The van der Waals surface area contributed by atoms with Crippen molar-refractivity contribution in [1.82, 2.24) is 0 Å². The van der Waals surface area contributed by atoms with E-state index in [0.717, 1.165) is 0 Å². The summed E-state index contributed by atoms with van der Waals surface area (Å²) in [5.41, 5.74) is 0. The molecule has 60 valence electrons. The van der Waals surface area contributed by atoms with Crippen LogP contribution in [0.4, 0.5) is 0 Å². The molecule has 0 N–H and O–H groups in total. The van der Waals surface area contributed by atoms with E-state index in [2.05, 4.69) is 30.5 Å². The lowest BCUT2D eigenvalue weighted by molar-refractivity contribution is 1.48. The number of benzene rings is 1. The molecule has 0 bridgehead atoms. The Morgan fingerprint density at radius 1 is 1.00 bits per heavy atom. The van der Waals surface area contributed by atoms with Crippen LogP contribution in [0.2, 0.25) is 0 Å². The van der Waals surface area contributed by atoms with Gasteiger partial charge < -0.3 is 0 Å². The Bertz CT molecular complexity index is 187. The van der Waals surface area contributed by atoms with E-state index in [0.29, 0.717) is 0 Å². The van der Waals surface area contributed by atoms with Gasteiger partial charge >= 0.3 is 0 Å². The minimum Gasteiger partial charge on any atom is -0.0852 e. The third-order valence-electron chi connectivity index (χ3n) is 0.969. The lowest BCUT2D eigenvalue weighted by Gasteiger charge is -1.95. The zero-order chi connectivity index (χ0) is 7.94. The zero-order valence-electron chi connectivity index (χ0n) is 6.02. The van der Waals surface area contributed by atoms with Crippen molar-refractivity contribution in [1.29, 1.82) is 0 Å². The Kier molecular flexibility index (Phi) is 5.45. The van der Waals surface area contributed by atoms with Gasteiger partial charge in [-0.3, -0.25) is 0 Å². The summed E-state index contributed by atoms with van der Waals surface area (Å²) in [7, 11) is 7.19. The van der Waals surface area contributed by atoms with Gasteiger partial charge in [0.05, 0.1) is 0 Å². The SMILES string of the molecule is CSSSSc1ccccc1. The topological polar surface area (TPSA) is 0 Å². The van der Waals surface area contributed by atoms with Crippen molar-refractivity contribution in [2.45, 2.75) is 4.90 Å². The summed E-state index contributed by atoms with van der Waals surface area (Å²) >= 11 is 0. The van der Waals surface area contributed by atoms with E-state index in [-0.39, 0.29) is 0 Å². The molecule has 0 saturated heterocycles. The van der Waals surface area contributed by atoms with Gasteiger partial charge in [-0.15, -0.1) is 0 Å². The third-order valence-corrected chi connectivity index (χ3v) is 6.89. The molecule has 1 aromatic rings. The molecule has 0 fully saturated rings. The third kappa shape index (κ3) is 4.25. The molecule has 0 unspecified atom stereocenters. The highest BCUT2D eigenvalue weighted by atomic mass is 33.7. The molecule has 0 radical (unpaired) electrons. The normalized spacial score (nSPS) is 9.91. The van der Waals surface area contributed by atoms with E-state index in [1.54, 1.807) is 41.2 Å². The minimum absolute atomic E-state index is 1.32. The molecule has 11 heavy (non-hydrogen) atoms. The van der Waals surface area contributed by atoms with Gasteiger partial charge in [-0.2, -0.15) is 0 Å². The van der Waals surface area contributed by atoms with Crippen LogP contribution >= 0.6 is 41.2 Å². The first-order valence-corrected chi connectivity index (χ1v) is 8.25. The van der Waals surface area contributed by atoms with Crippen molar-refractivity contribution in [3.8, 4) is 0 Å². The first-order valence-electron chi connectivity index (χ1n) is 3.02. The summed E-state index contributed by atoms with van der Waals surface area (Å²) in [6, 6.07) is 10.4. The first-order chi connectivity index (χ1) is 5.43. The van der Waals surface area contributed by atoms with E-state index in [4.69, 9.17) is 0 Å². The van der Waals surface area contributed by atoms with Crippen LogP contribution in [-0.4, -0.2) is 6.26 Å². The Labute approximate surface area is 82.5 Å². The van der Waals surface area contributed by atoms with E-state index < -0.39 is 0 Å². The number of rotatable bonds is 4. The molecule has 0 aliphatic heterocycles.